The van der Waals surface area contributed by atoms with Crippen molar-refractivity contribution in [2.45, 2.75) is 0 Å². The molecule has 0 saturated carbocycles. The summed E-state index contributed by atoms with van der Waals surface area (Å²) in [6, 6.07) is 27.7. The predicted octanol–water partition coefficient (Wildman–Crippen LogP) is 6.28. The lowest BCUT2D eigenvalue weighted by atomic mass is 9.91. The number of anilines is 3. The highest BCUT2D eigenvalue weighted by Gasteiger charge is 2.28. The standard InChI is InChI=1S/C23H21NOS2/c1-26-23(27-16-15-25)22-18-11-5-7-13-20(18)24(17-9-3-2-4-10-17)21-14-8-6-12-19(21)22/h2-14,25H,15-16H2,1H3. The van der Waals surface area contributed by atoms with Gasteiger partial charge in [0.25, 0.3) is 0 Å². The largest absolute Gasteiger partial charge is 0.396 e. The van der Waals surface area contributed by atoms with Gasteiger partial charge in [0.15, 0.2) is 0 Å². The monoisotopic (exact) mass is 391 g/mol. The van der Waals surface area contributed by atoms with Gasteiger partial charge in [-0.1, -0.05) is 54.6 Å². The highest BCUT2D eigenvalue weighted by molar-refractivity contribution is 8.22. The molecule has 27 heavy (non-hydrogen) atoms. The summed E-state index contributed by atoms with van der Waals surface area (Å²) >= 11 is 3.48. The fraction of sp³-hybridized carbons (Fsp3) is 0.130. The minimum Gasteiger partial charge on any atom is -0.396 e. The number of benzene rings is 3. The van der Waals surface area contributed by atoms with E-state index in [0.717, 1.165) is 5.69 Å². The van der Waals surface area contributed by atoms with E-state index in [1.807, 2.05) is 6.07 Å². The summed E-state index contributed by atoms with van der Waals surface area (Å²) in [4.78, 5) is 2.34. The third-order valence-electron chi connectivity index (χ3n) is 4.56. The molecule has 0 amide bonds. The molecule has 0 aromatic heterocycles. The molecule has 3 aromatic carbocycles. The number of aliphatic hydroxyl groups excluding tert-OH is 1. The van der Waals surface area contributed by atoms with E-state index in [-0.39, 0.29) is 6.61 Å². The molecule has 2 nitrogen and oxygen atoms in total. The zero-order chi connectivity index (χ0) is 18.6. The highest BCUT2D eigenvalue weighted by atomic mass is 32.2. The van der Waals surface area contributed by atoms with E-state index in [9.17, 15) is 5.11 Å². The van der Waals surface area contributed by atoms with E-state index in [1.165, 1.54) is 32.3 Å². The van der Waals surface area contributed by atoms with Crippen LogP contribution >= 0.6 is 23.5 Å². The first-order valence-corrected chi connectivity index (χ1v) is 11.1. The molecule has 4 heteroatoms. The summed E-state index contributed by atoms with van der Waals surface area (Å²) in [7, 11) is 0. The van der Waals surface area contributed by atoms with Gasteiger partial charge in [0.2, 0.25) is 0 Å². The number of hydrogen-bond acceptors (Lipinski definition) is 4. The average molecular weight is 392 g/mol. The lowest BCUT2D eigenvalue weighted by Crippen LogP contribution is -2.18. The van der Waals surface area contributed by atoms with Crippen LogP contribution in [0.3, 0.4) is 0 Å². The number of thioether (sulfide) groups is 2. The molecular weight excluding hydrogens is 370 g/mol. The van der Waals surface area contributed by atoms with Gasteiger partial charge < -0.3 is 10.0 Å². The molecule has 1 aliphatic heterocycles. The molecule has 0 radical (unpaired) electrons. The molecule has 0 saturated heterocycles. The second-order valence-electron chi connectivity index (χ2n) is 6.14. The maximum Gasteiger partial charge on any atom is 0.0541 e. The Balaban J connectivity index is 2.00. The van der Waals surface area contributed by atoms with E-state index in [2.05, 4.69) is 84.0 Å². The number of aliphatic hydroxyl groups is 1. The van der Waals surface area contributed by atoms with Gasteiger partial charge in [-0.15, -0.1) is 23.5 Å². The molecule has 1 aliphatic rings. The lowest BCUT2D eigenvalue weighted by molar-refractivity contribution is 0.322. The van der Waals surface area contributed by atoms with Gasteiger partial charge in [-0.25, -0.2) is 0 Å². The molecule has 136 valence electrons. The molecule has 0 bridgehead atoms. The van der Waals surface area contributed by atoms with Crippen molar-refractivity contribution >= 4 is 46.2 Å². The van der Waals surface area contributed by atoms with E-state index < -0.39 is 0 Å². The third-order valence-corrected chi connectivity index (χ3v) is 6.84. The molecule has 1 heterocycles. The third kappa shape index (κ3) is 3.41. The van der Waals surface area contributed by atoms with Gasteiger partial charge in [0.1, 0.15) is 0 Å². The van der Waals surface area contributed by atoms with Crippen molar-refractivity contribution < 1.29 is 5.11 Å². The topological polar surface area (TPSA) is 23.5 Å². The summed E-state index contributed by atoms with van der Waals surface area (Å²) in [5, 5.41) is 9.33. The Hall–Kier alpha value is -2.14. The summed E-state index contributed by atoms with van der Waals surface area (Å²) in [6.07, 6.45) is 2.11. The number of nitrogens with zero attached hydrogens (tertiary/aromatic N) is 1. The molecule has 0 fully saturated rings. The Morgan fingerprint density at radius 1 is 0.815 bits per heavy atom. The Bertz CT molecular complexity index is 919. The van der Waals surface area contributed by atoms with Crippen LogP contribution in [0.25, 0.3) is 5.57 Å². The van der Waals surface area contributed by atoms with Gasteiger partial charge in [0, 0.05) is 32.4 Å². The van der Waals surface area contributed by atoms with Gasteiger partial charge in [-0.05, 0) is 30.5 Å². The van der Waals surface area contributed by atoms with E-state index in [4.69, 9.17) is 0 Å². The second kappa shape index (κ2) is 8.26. The van der Waals surface area contributed by atoms with Crippen LogP contribution in [0.1, 0.15) is 11.1 Å². The molecule has 0 spiro atoms. The predicted molar refractivity (Wildman–Crippen MR) is 120 cm³/mol. The number of hydrogen-bond donors (Lipinski definition) is 1. The van der Waals surface area contributed by atoms with Crippen LogP contribution in [-0.2, 0) is 0 Å². The maximum atomic E-state index is 9.33. The van der Waals surface area contributed by atoms with Gasteiger partial charge in [-0.3, -0.25) is 0 Å². The van der Waals surface area contributed by atoms with E-state index >= 15 is 0 Å². The van der Waals surface area contributed by atoms with Crippen molar-refractivity contribution in [3.8, 4) is 0 Å². The average Bonchev–Trinajstić information content (AvgIpc) is 2.74. The van der Waals surface area contributed by atoms with Crippen LogP contribution in [0.15, 0.2) is 83.1 Å². The zero-order valence-electron chi connectivity index (χ0n) is 15.1. The fourth-order valence-electron chi connectivity index (χ4n) is 3.48. The summed E-state index contributed by atoms with van der Waals surface area (Å²) in [5.74, 6) is 0.701. The second-order valence-corrected chi connectivity index (χ2v) is 8.32. The van der Waals surface area contributed by atoms with E-state index in [0.29, 0.717) is 5.75 Å². The molecule has 0 atom stereocenters. The Morgan fingerprint density at radius 3 is 1.93 bits per heavy atom. The van der Waals surface area contributed by atoms with Crippen molar-refractivity contribution in [3.63, 3.8) is 0 Å². The van der Waals surface area contributed by atoms with Crippen LogP contribution in [0, 0.1) is 0 Å². The first-order chi connectivity index (χ1) is 13.3. The Morgan fingerprint density at radius 2 is 1.37 bits per heavy atom. The Labute approximate surface area is 168 Å². The Kier molecular flexibility index (Phi) is 5.58. The van der Waals surface area contributed by atoms with Crippen molar-refractivity contribution in [3.05, 3.63) is 94.2 Å². The molecule has 1 N–H and O–H groups in total. The van der Waals surface area contributed by atoms with Gasteiger partial charge >= 0.3 is 0 Å². The van der Waals surface area contributed by atoms with Crippen LogP contribution in [0.5, 0.6) is 0 Å². The summed E-state index contributed by atoms with van der Waals surface area (Å²) in [6.45, 7) is 0.182. The fourth-order valence-corrected chi connectivity index (χ4v) is 5.27. The maximum absolute atomic E-state index is 9.33. The molecule has 0 unspecified atom stereocenters. The molecular formula is C23H21NOS2. The van der Waals surface area contributed by atoms with Crippen LogP contribution < -0.4 is 4.90 Å². The smallest absolute Gasteiger partial charge is 0.0541 e. The molecule has 4 rings (SSSR count). The number of rotatable bonds is 5. The van der Waals surface area contributed by atoms with Crippen molar-refractivity contribution in [1.82, 2.24) is 0 Å². The minimum atomic E-state index is 0.182. The quantitative estimate of drug-likeness (QED) is 0.433. The number of fused-ring (bicyclic) bond motifs is 2. The lowest BCUT2D eigenvalue weighted by Gasteiger charge is -2.35. The van der Waals surface area contributed by atoms with Crippen LogP contribution in [0.4, 0.5) is 17.1 Å². The van der Waals surface area contributed by atoms with Gasteiger partial charge in [-0.2, -0.15) is 0 Å². The summed E-state index contributed by atoms with van der Waals surface area (Å²) < 4.78 is 1.25. The molecule has 0 aliphatic carbocycles. The van der Waals surface area contributed by atoms with Crippen molar-refractivity contribution in [2.24, 2.45) is 0 Å². The normalized spacial score (nSPS) is 12.5. The zero-order valence-corrected chi connectivity index (χ0v) is 16.8. The van der Waals surface area contributed by atoms with Crippen molar-refractivity contribution in [1.29, 1.82) is 0 Å². The van der Waals surface area contributed by atoms with Gasteiger partial charge in [0.05, 0.1) is 18.0 Å². The summed E-state index contributed by atoms with van der Waals surface area (Å²) in [5.41, 5.74) is 7.26. The highest BCUT2D eigenvalue weighted by Crippen LogP contribution is 2.52. The SMILES string of the molecule is CSC(SCCO)=C1c2ccccc2N(c2ccccc2)c2ccccc21. The first-order valence-electron chi connectivity index (χ1n) is 8.91. The molecule has 3 aromatic rings. The van der Waals surface area contributed by atoms with E-state index in [1.54, 1.807) is 23.5 Å². The van der Waals surface area contributed by atoms with Crippen LogP contribution in [-0.4, -0.2) is 23.7 Å². The van der Waals surface area contributed by atoms with Crippen molar-refractivity contribution in [2.75, 3.05) is 23.5 Å². The number of para-hydroxylation sites is 3. The first kappa shape index (κ1) is 18.2. The minimum absolute atomic E-state index is 0.182. The van der Waals surface area contributed by atoms with Crippen LogP contribution in [0.2, 0.25) is 0 Å².